The first-order valence-electron chi connectivity index (χ1n) is 5.65. The van der Waals surface area contributed by atoms with Crippen molar-refractivity contribution in [2.24, 2.45) is 5.92 Å². The molecule has 1 aliphatic rings. The van der Waals surface area contributed by atoms with Gasteiger partial charge in [0.2, 0.25) is 0 Å². The molecule has 1 unspecified atom stereocenters. The van der Waals surface area contributed by atoms with Crippen molar-refractivity contribution in [2.45, 2.75) is 6.42 Å². The predicted molar refractivity (Wildman–Crippen MR) is 61.5 cm³/mol. The van der Waals surface area contributed by atoms with E-state index in [1.807, 2.05) is 0 Å². The summed E-state index contributed by atoms with van der Waals surface area (Å²) in [7, 11) is 0. The monoisotopic (exact) mass is 233 g/mol. The Bertz CT molecular complexity index is 570. The van der Waals surface area contributed by atoms with Crippen LogP contribution in [-0.4, -0.2) is 24.0 Å². The molecule has 0 spiro atoms. The third-order valence-electron chi connectivity index (χ3n) is 3.22. The lowest BCUT2D eigenvalue weighted by atomic mass is 9.96. The Morgan fingerprint density at radius 2 is 2.35 bits per heavy atom. The van der Waals surface area contributed by atoms with Crippen molar-refractivity contribution < 1.29 is 13.9 Å². The average Bonchev–Trinajstić information content (AvgIpc) is 2.98. The predicted octanol–water partition coefficient (Wildman–Crippen LogP) is 2.53. The Kier molecular flexibility index (Phi) is 2.44. The summed E-state index contributed by atoms with van der Waals surface area (Å²) in [5.74, 6) is -0.515. The van der Waals surface area contributed by atoms with Crippen molar-refractivity contribution >= 4 is 16.7 Å². The fraction of sp³-hybridized carbons (Fsp3) is 0.308. The molecule has 1 saturated heterocycles. The number of hydrogen-bond donors (Lipinski definition) is 1. The molecule has 17 heavy (non-hydrogen) atoms. The summed E-state index contributed by atoms with van der Waals surface area (Å²) in [6, 6.07) is 4.76. The Balaban J connectivity index is 2.08. The first-order chi connectivity index (χ1) is 8.27. The molecule has 1 fully saturated rings. The zero-order valence-corrected chi connectivity index (χ0v) is 9.20. The summed E-state index contributed by atoms with van der Waals surface area (Å²) in [4.78, 5) is 15.1. The van der Waals surface area contributed by atoms with Crippen LogP contribution < -0.4 is 0 Å². The number of rotatable bonds is 2. The van der Waals surface area contributed by atoms with Gasteiger partial charge in [0.05, 0.1) is 6.61 Å². The topological polar surface area (TPSA) is 42.1 Å². The number of nitrogens with one attached hydrogen (secondary N) is 1. The smallest absolute Gasteiger partial charge is 0.170 e. The minimum Gasteiger partial charge on any atom is -0.381 e. The molecule has 3 rings (SSSR count). The van der Waals surface area contributed by atoms with E-state index < -0.39 is 0 Å². The number of ketones is 1. The van der Waals surface area contributed by atoms with Crippen molar-refractivity contribution in [3.8, 4) is 0 Å². The van der Waals surface area contributed by atoms with Crippen LogP contribution in [0.4, 0.5) is 4.39 Å². The van der Waals surface area contributed by atoms with Gasteiger partial charge in [0.25, 0.3) is 0 Å². The number of fused-ring (bicyclic) bond motifs is 1. The number of H-pyrrole nitrogens is 1. The largest absolute Gasteiger partial charge is 0.381 e. The molecule has 0 aliphatic carbocycles. The van der Waals surface area contributed by atoms with Gasteiger partial charge >= 0.3 is 0 Å². The summed E-state index contributed by atoms with van der Waals surface area (Å²) < 4.78 is 18.9. The summed E-state index contributed by atoms with van der Waals surface area (Å²) in [5.41, 5.74) is 1.10. The van der Waals surface area contributed by atoms with Gasteiger partial charge in [-0.2, -0.15) is 0 Å². The van der Waals surface area contributed by atoms with E-state index in [0.717, 1.165) is 6.42 Å². The van der Waals surface area contributed by atoms with Crippen LogP contribution in [0.2, 0.25) is 0 Å². The lowest BCUT2D eigenvalue weighted by Crippen LogP contribution is -2.14. The Labute approximate surface area is 97.6 Å². The molecule has 0 radical (unpaired) electrons. The summed E-state index contributed by atoms with van der Waals surface area (Å²) in [6.07, 6.45) is 2.31. The molecule has 1 aromatic heterocycles. The maximum Gasteiger partial charge on any atom is 0.170 e. The standard InChI is InChI=1S/C13H12FNO2/c14-10-2-1-3-11-12(10)9(6-15-11)13(16)8-4-5-17-7-8/h1-3,6,8,15H,4-5,7H2. The molecule has 2 heterocycles. The fourth-order valence-electron chi connectivity index (χ4n) is 2.30. The first kappa shape index (κ1) is 10.5. The number of carbonyl (C=O) groups excluding carboxylic acids is 1. The molecule has 88 valence electrons. The van der Waals surface area contributed by atoms with E-state index in [-0.39, 0.29) is 17.5 Å². The first-order valence-corrected chi connectivity index (χ1v) is 5.65. The SMILES string of the molecule is O=C(c1c[nH]c2cccc(F)c12)C1CCOC1. The maximum atomic E-state index is 13.7. The highest BCUT2D eigenvalue weighted by Crippen LogP contribution is 2.26. The lowest BCUT2D eigenvalue weighted by molar-refractivity contribution is 0.0902. The molecule has 4 heteroatoms. The van der Waals surface area contributed by atoms with Crippen LogP contribution >= 0.6 is 0 Å². The van der Waals surface area contributed by atoms with Crippen LogP contribution in [-0.2, 0) is 4.74 Å². The van der Waals surface area contributed by atoms with Gasteiger partial charge in [0.15, 0.2) is 5.78 Å². The molecule has 1 aromatic carbocycles. The molecule has 1 atom stereocenters. The van der Waals surface area contributed by atoms with E-state index in [1.54, 1.807) is 18.3 Å². The zero-order chi connectivity index (χ0) is 11.8. The van der Waals surface area contributed by atoms with E-state index in [4.69, 9.17) is 4.74 Å². The average molecular weight is 233 g/mol. The Morgan fingerprint density at radius 3 is 3.12 bits per heavy atom. The molecule has 2 aromatic rings. The third-order valence-corrected chi connectivity index (χ3v) is 3.22. The number of Topliss-reactive ketones (excluding diaryl/α,β-unsaturated/α-hetero) is 1. The van der Waals surface area contributed by atoms with Gasteiger partial charge in [-0.25, -0.2) is 4.39 Å². The summed E-state index contributed by atoms with van der Waals surface area (Å²) >= 11 is 0. The van der Waals surface area contributed by atoms with Crippen LogP contribution in [0.3, 0.4) is 0 Å². The highest BCUT2D eigenvalue weighted by Gasteiger charge is 2.27. The van der Waals surface area contributed by atoms with Crippen LogP contribution in [0.25, 0.3) is 10.9 Å². The third kappa shape index (κ3) is 1.65. The van der Waals surface area contributed by atoms with Crippen molar-refractivity contribution in [1.29, 1.82) is 0 Å². The van der Waals surface area contributed by atoms with Crippen LogP contribution in [0.1, 0.15) is 16.8 Å². The summed E-state index contributed by atoms with van der Waals surface area (Å²) in [6.45, 7) is 1.06. The van der Waals surface area contributed by atoms with Crippen LogP contribution in [0.15, 0.2) is 24.4 Å². The number of carbonyl (C=O) groups is 1. The van der Waals surface area contributed by atoms with Gasteiger partial charge in [-0.3, -0.25) is 4.79 Å². The minimum atomic E-state index is -0.356. The van der Waals surface area contributed by atoms with E-state index >= 15 is 0 Å². The molecule has 3 nitrogen and oxygen atoms in total. The van der Waals surface area contributed by atoms with Gasteiger partial charge in [0, 0.05) is 35.2 Å². The second-order valence-corrected chi connectivity index (χ2v) is 4.29. The Hall–Kier alpha value is -1.68. The number of aromatic nitrogens is 1. The summed E-state index contributed by atoms with van der Waals surface area (Å²) in [5, 5.41) is 0.393. The van der Waals surface area contributed by atoms with Crippen LogP contribution in [0.5, 0.6) is 0 Å². The second kappa shape index (κ2) is 3.96. The highest BCUT2D eigenvalue weighted by atomic mass is 19.1. The van der Waals surface area contributed by atoms with Crippen LogP contribution in [0, 0.1) is 11.7 Å². The van der Waals surface area contributed by atoms with E-state index in [0.29, 0.717) is 29.7 Å². The van der Waals surface area contributed by atoms with E-state index in [1.165, 1.54) is 6.07 Å². The van der Waals surface area contributed by atoms with Gasteiger partial charge in [-0.05, 0) is 18.6 Å². The normalized spacial score (nSPS) is 19.9. The number of aromatic amines is 1. The van der Waals surface area contributed by atoms with Gasteiger partial charge in [0.1, 0.15) is 5.82 Å². The Morgan fingerprint density at radius 1 is 1.47 bits per heavy atom. The number of benzene rings is 1. The second-order valence-electron chi connectivity index (χ2n) is 4.29. The highest BCUT2D eigenvalue weighted by molar-refractivity contribution is 6.09. The van der Waals surface area contributed by atoms with Gasteiger partial charge < -0.3 is 9.72 Å². The van der Waals surface area contributed by atoms with E-state index in [9.17, 15) is 9.18 Å². The molecular formula is C13H12FNO2. The molecule has 0 saturated carbocycles. The quantitative estimate of drug-likeness (QED) is 0.810. The molecular weight excluding hydrogens is 221 g/mol. The van der Waals surface area contributed by atoms with Crippen molar-refractivity contribution in [3.63, 3.8) is 0 Å². The molecule has 1 N–H and O–H groups in total. The number of ether oxygens (including phenoxy) is 1. The molecule has 0 amide bonds. The zero-order valence-electron chi connectivity index (χ0n) is 9.20. The van der Waals surface area contributed by atoms with E-state index in [2.05, 4.69) is 4.98 Å². The number of halogens is 1. The molecule has 1 aliphatic heterocycles. The fourth-order valence-corrected chi connectivity index (χ4v) is 2.30. The molecule has 0 bridgehead atoms. The lowest BCUT2D eigenvalue weighted by Gasteiger charge is -2.05. The van der Waals surface area contributed by atoms with Crippen molar-refractivity contribution in [1.82, 2.24) is 4.98 Å². The van der Waals surface area contributed by atoms with Gasteiger partial charge in [-0.15, -0.1) is 0 Å². The van der Waals surface area contributed by atoms with Gasteiger partial charge in [-0.1, -0.05) is 6.07 Å². The van der Waals surface area contributed by atoms with Crippen molar-refractivity contribution in [2.75, 3.05) is 13.2 Å². The maximum absolute atomic E-state index is 13.7. The van der Waals surface area contributed by atoms with Crippen molar-refractivity contribution in [3.05, 3.63) is 35.8 Å². The number of hydrogen-bond acceptors (Lipinski definition) is 2. The minimum absolute atomic E-state index is 0.0288.